The number of para-hydroxylation sites is 1. The molecule has 0 radical (unpaired) electrons. The maximum atomic E-state index is 14.0. The molecule has 1 aliphatic carbocycles. The fourth-order valence-corrected chi connectivity index (χ4v) is 5.47. The second-order valence-electron chi connectivity index (χ2n) is 10.0. The van der Waals surface area contributed by atoms with Gasteiger partial charge in [-0.3, -0.25) is 4.90 Å². The molecule has 1 aromatic carbocycles. The van der Waals surface area contributed by atoms with E-state index in [2.05, 4.69) is 15.5 Å². The van der Waals surface area contributed by atoms with Crippen molar-refractivity contribution >= 4 is 17.7 Å². The van der Waals surface area contributed by atoms with Gasteiger partial charge in [0.25, 0.3) is 0 Å². The molecular formula is C26H31FN6O3. The van der Waals surface area contributed by atoms with Crippen molar-refractivity contribution in [2.45, 2.75) is 56.8 Å². The van der Waals surface area contributed by atoms with Gasteiger partial charge in [0.05, 0.1) is 6.54 Å². The second kappa shape index (κ2) is 9.57. The fourth-order valence-electron chi connectivity index (χ4n) is 5.47. The maximum Gasteiger partial charge on any atom is 0.416 e. The first kappa shape index (κ1) is 23.0. The molecule has 1 amide bonds. The first-order valence-electron chi connectivity index (χ1n) is 12.8. The molecule has 36 heavy (non-hydrogen) atoms. The number of carbonyl (C=O) groups is 1. The minimum absolute atomic E-state index is 0.0545. The first-order chi connectivity index (χ1) is 17.6. The smallest absolute Gasteiger partial charge is 0.416 e. The zero-order valence-electron chi connectivity index (χ0n) is 20.2. The molecule has 1 saturated carbocycles. The molecule has 1 unspecified atom stereocenters. The zero-order chi connectivity index (χ0) is 24.5. The highest BCUT2D eigenvalue weighted by Gasteiger charge is 2.48. The van der Waals surface area contributed by atoms with Crippen LogP contribution in [-0.2, 0) is 9.47 Å². The van der Waals surface area contributed by atoms with Crippen LogP contribution in [0.5, 0.6) is 0 Å². The van der Waals surface area contributed by atoms with Crippen molar-refractivity contribution in [2.75, 3.05) is 29.9 Å². The predicted molar refractivity (Wildman–Crippen MR) is 132 cm³/mol. The quantitative estimate of drug-likeness (QED) is 0.524. The molecule has 1 spiro atoms. The lowest BCUT2D eigenvalue weighted by Crippen LogP contribution is -2.39. The number of hydrogen-bond donors (Lipinski definition) is 1. The van der Waals surface area contributed by atoms with Crippen LogP contribution in [0, 0.1) is 11.7 Å². The minimum atomic E-state index is -0.453. The van der Waals surface area contributed by atoms with Gasteiger partial charge in [0.2, 0.25) is 0 Å². The molecule has 2 saturated heterocycles. The van der Waals surface area contributed by atoms with Crippen molar-refractivity contribution in [1.29, 1.82) is 0 Å². The number of benzene rings is 1. The summed E-state index contributed by atoms with van der Waals surface area (Å²) in [5.41, 5.74) is -0.0284. The normalized spacial score (nSPS) is 26.4. The molecule has 3 aromatic rings. The molecule has 1 N–H and O–H groups in total. The van der Waals surface area contributed by atoms with Crippen molar-refractivity contribution < 1.29 is 18.7 Å². The Labute approximate surface area is 209 Å². The van der Waals surface area contributed by atoms with E-state index in [1.54, 1.807) is 34.0 Å². The summed E-state index contributed by atoms with van der Waals surface area (Å²) in [6, 6.07) is 10.3. The van der Waals surface area contributed by atoms with Crippen LogP contribution in [0.4, 0.5) is 20.8 Å². The highest BCUT2D eigenvalue weighted by Crippen LogP contribution is 2.40. The van der Waals surface area contributed by atoms with E-state index in [1.807, 2.05) is 23.0 Å². The van der Waals surface area contributed by atoms with Crippen molar-refractivity contribution in [2.24, 2.45) is 5.92 Å². The molecule has 4 heterocycles. The van der Waals surface area contributed by atoms with Gasteiger partial charge >= 0.3 is 6.09 Å². The van der Waals surface area contributed by atoms with Gasteiger partial charge in [-0.1, -0.05) is 12.1 Å². The van der Waals surface area contributed by atoms with Gasteiger partial charge in [-0.15, -0.1) is 0 Å². The lowest BCUT2D eigenvalue weighted by molar-refractivity contribution is -0.0393. The van der Waals surface area contributed by atoms with E-state index in [0.29, 0.717) is 24.0 Å². The summed E-state index contributed by atoms with van der Waals surface area (Å²) in [6.45, 7) is 2.05. The number of carbonyl (C=O) groups excluding carboxylic acids is 1. The van der Waals surface area contributed by atoms with Gasteiger partial charge in [0.15, 0.2) is 5.82 Å². The predicted octanol–water partition coefficient (Wildman–Crippen LogP) is 4.90. The molecule has 2 aromatic heterocycles. The standard InChI is InChI=1S/C26H31FN6O3/c27-20-5-1-2-6-21(20)32-14-10-22(29-32)28-17-19-8-12-26(13-9-19)18-31(25(34)36-26)23-11-15-33(30-23)24-7-3-4-16-35-24/h1-2,5-6,10-11,14-15,19,24H,3-4,7-9,12-13,16-18H2,(H,28,29)/t19-,24?,26-. The van der Waals surface area contributed by atoms with Crippen molar-refractivity contribution in [3.8, 4) is 5.69 Å². The van der Waals surface area contributed by atoms with E-state index in [1.165, 1.54) is 6.07 Å². The number of halogens is 1. The lowest BCUT2D eigenvalue weighted by Gasteiger charge is -2.35. The van der Waals surface area contributed by atoms with E-state index in [0.717, 1.165) is 63.9 Å². The molecule has 2 aliphatic heterocycles. The Balaban J connectivity index is 1.02. The van der Waals surface area contributed by atoms with Gasteiger partial charge in [-0.05, 0) is 63.0 Å². The highest BCUT2D eigenvalue weighted by molar-refractivity contribution is 5.89. The van der Waals surface area contributed by atoms with Crippen LogP contribution < -0.4 is 10.2 Å². The third-order valence-electron chi connectivity index (χ3n) is 7.57. The molecule has 10 heteroatoms. The Morgan fingerprint density at radius 2 is 1.92 bits per heavy atom. The Morgan fingerprint density at radius 3 is 2.72 bits per heavy atom. The summed E-state index contributed by atoms with van der Waals surface area (Å²) in [4.78, 5) is 14.4. The van der Waals surface area contributed by atoms with Gasteiger partial charge in [-0.25, -0.2) is 18.5 Å². The number of hydrogen-bond acceptors (Lipinski definition) is 6. The highest BCUT2D eigenvalue weighted by atomic mass is 19.1. The maximum absolute atomic E-state index is 14.0. The molecule has 6 rings (SSSR count). The Hall–Kier alpha value is -3.40. The number of nitrogens with one attached hydrogen (secondary N) is 1. The topological polar surface area (TPSA) is 86.4 Å². The number of nitrogens with zero attached hydrogens (tertiary/aromatic N) is 5. The minimum Gasteiger partial charge on any atom is -0.441 e. The third kappa shape index (κ3) is 4.57. The van der Waals surface area contributed by atoms with Crippen molar-refractivity contribution in [1.82, 2.24) is 19.6 Å². The van der Waals surface area contributed by atoms with Gasteiger partial charge in [0, 0.05) is 37.7 Å². The van der Waals surface area contributed by atoms with E-state index < -0.39 is 5.60 Å². The van der Waals surface area contributed by atoms with Gasteiger partial charge < -0.3 is 14.8 Å². The molecule has 190 valence electrons. The monoisotopic (exact) mass is 494 g/mol. The van der Waals surface area contributed by atoms with Crippen LogP contribution in [0.1, 0.15) is 51.2 Å². The Bertz CT molecular complexity index is 1210. The average Bonchev–Trinajstić information content (AvgIpc) is 3.64. The van der Waals surface area contributed by atoms with Crippen LogP contribution in [0.2, 0.25) is 0 Å². The average molecular weight is 495 g/mol. The molecular weight excluding hydrogens is 463 g/mol. The summed E-state index contributed by atoms with van der Waals surface area (Å²) in [5.74, 6) is 1.48. The van der Waals surface area contributed by atoms with Crippen molar-refractivity contribution in [3.63, 3.8) is 0 Å². The van der Waals surface area contributed by atoms with E-state index in [-0.39, 0.29) is 18.1 Å². The van der Waals surface area contributed by atoms with E-state index >= 15 is 0 Å². The zero-order valence-corrected chi connectivity index (χ0v) is 20.2. The third-order valence-corrected chi connectivity index (χ3v) is 7.57. The SMILES string of the molecule is O=C1O[C@]2(CC[C@H](CNc3ccn(-c4ccccc4F)n3)CC2)CN1c1ccn(C2CCCCO2)n1. The number of aromatic nitrogens is 4. The molecule has 9 nitrogen and oxygen atoms in total. The van der Waals surface area contributed by atoms with Crippen LogP contribution in [0.15, 0.2) is 48.8 Å². The van der Waals surface area contributed by atoms with Crippen molar-refractivity contribution in [3.05, 3.63) is 54.6 Å². The molecule has 3 aliphatic rings. The molecule has 0 bridgehead atoms. The summed E-state index contributed by atoms with van der Waals surface area (Å²) in [5, 5.41) is 12.5. The van der Waals surface area contributed by atoms with Crippen LogP contribution in [0.3, 0.4) is 0 Å². The van der Waals surface area contributed by atoms with Crippen LogP contribution in [0.25, 0.3) is 5.69 Å². The fraction of sp³-hybridized carbons (Fsp3) is 0.500. The summed E-state index contributed by atoms with van der Waals surface area (Å²) in [7, 11) is 0. The summed E-state index contributed by atoms with van der Waals surface area (Å²) >= 11 is 0. The Morgan fingerprint density at radius 1 is 1.06 bits per heavy atom. The summed E-state index contributed by atoms with van der Waals surface area (Å²) < 4.78 is 29.1. The summed E-state index contributed by atoms with van der Waals surface area (Å²) in [6.07, 6.45) is 9.95. The second-order valence-corrected chi connectivity index (χ2v) is 10.0. The number of rotatable bonds is 6. The number of amides is 1. The number of anilines is 2. The van der Waals surface area contributed by atoms with E-state index in [4.69, 9.17) is 9.47 Å². The first-order valence-corrected chi connectivity index (χ1v) is 12.8. The van der Waals surface area contributed by atoms with E-state index in [9.17, 15) is 9.18 Å². The Kier molecular flexibility index (Phi) is 6.12. The molecule has 3 fully saturated rings. The van der Waals surface area contributed by atoms with Gasteiger partial charge in [0.1, 0.15) is 29.2 Å². The van der Waals surface area contributed by atoms with Crippen LogP contribution >= 0.6 is 0 Å². The largest absolute Gasteiger partial charge is 0.441 e. The van der Waals surface area contributed by atoms with Crippen LogP contribution in [-0.4, -0.2) is 51.0 Å². The number of ether oxygens (including phenoxy) is 2. The lowest BCUT2D eigenvalue weighted by atomic mass is 9.78. The molecule has 1 atom stereocenters. The van der Waals surface area contributed by atoms with Gasteiger partial charge in [-0.2, -0.15) is 10.2 Å².